The maximum absolute atomic E-state index is 11.8. The molecule has 1 N–H and O–H groups in total. The molecule has 0 rings (SSSR count). The molecule has 1 amide bonds. The molecule has 0 bridgehead atoms. The summed E-state index contributed by atoms with van der Waals surface area (Å²) in [5, 5.41) is 3.30. The third-order valence-corrected chi connectivity index (χ3v) is 2.30. The van der Waals surface area contributed by atoms with E-state index in [0.717, 1.165) is 6.42 Å². The number of carbonyl (C=O) groups excluding carboxylic acids is 1. The highest BCUT2D eigenvalue weighted by Gasteiger charge is 2.29. The largest absolute Gasteiger partial charge is 0.385 e. The molecule has 0 aliphatic heterocycles. The molecule has 0 aromatic carbocycles. The van der Waals surface area contributed by atoms with Crippen LogP contribution in [0.5, 0.6) is 0 Å². The summed E-state index contributed by atoms with van der Waals surface area (Å²) in [6, 6.07) is 0.267. The van der Waals surface area contributed by atoms with Gasteiger partial charge in [-0.1, -0.05) is 0 Å². The Labute approximate surface area is 93.0 Å². The molecule has 1 unspecified atom stereocenters. The fraction of sp³-hybridized carbons (Fsp3) is 0.909. The molecule has 4 nitrogen and oxygen atoms in total. The van der Waals surface area contributed by atoms with E-state index in [1.54, 1.807) is 26.1 Å². The lowest BCUT2D eigenvalue weighted by Crippen LogP contribution is -2.55. The van der Waals surface area contributed by atoms with Crippen molar-refractivity contribution in [1.82, 2.24) is 10.2 Å². The van der Waals surface area contributed by atoms with Crippen LogP contribution in [0.3, 0.4) is 0 Å². The van der Waals surface area contributed by atoms with Crippen LogP contribution in [-0.4, -0.2) is 50.2 Å². The lowest BCUT2D eigenvalue weighted by Gasteiger charge is -2.31. The molecule has 0 spiro atoms. The summed E-state index contributed by atoms with van der Waals surface area (Å²) < 4.78 is 5.00. The van der Waals surface area contributed by atoms with Gasteiger partial charge < -0.3 is 15.0 Å². The van der Waals surface area contributed by atoms with Crippen molar-refractivity contribution in [2.24, 2.45) is 0 Å². The zero-order valence-corrected chi connectivity index (χ0v) is 10.8. The van der Waals surface area contributed by atoms with Gasteiger partial charge in [0.2, 0.25) is 5.91 Å². The SMILES string of the molecule is COCCC(C)NC(C)(C)C(=O)N(C)C. The van der Waals surface area contributed by atoms with Gasteiger partial charge in [-0.25, -0.2) is 0 Å². The predicted molar refractivity (Wildman–Crippen MR) is 61.9 cm³/mol. The highest BCUT2D eigenvalue weighted by molar-refractivity contribution is 5.85. The van der Waals surface area contributed by atoms with E-state index >= 15 is 0 Å². The van der Waals surface area contributed by atoms with E-state index in [1.807, 2.05) is 13.8 Å². The third kappa shape index (κ3) is 5.14. The van der Waals surface area contributed by atoms with E-state index < -0.39 is 5.54 Å². The Bertz CT molecular complexity index is 203. The van der Waals surface area contributed by atoms with E-state index in [9.17, 15) is 4.79 Å². The van der Waals surface area contributed by atoms with E-state index in [4.69, 9.17) is 4.74 Å². The lowest BCUT2D eigenvalue weighted by molar-refractivity contribution is -0.134. The van der Waals surface area contributed by atoms with Gasteiger partial charge in [0.1, 0.15) is 0 Å². The first-order valence-corrected chi connectivity index (χ1v) is 5.29. The molecule has 0 fully saturated rings. The van der Waals surface area contributed by atoms with Gasteiger partial charge in [0.15, 0.2) is 0 Å². The molecule has 0 aliphatic rings. The van der Waals surface area contributed by atoms with Crippen LogP contribution >= 0.6 is 0 Å². The quantitative estimate of drug-likeness (QED) is 0.716. The maximum Gasteiger partial charge on any atom is 0.241 e. The van der Waals surface area contributed by atoms with Gasteiger partial charge in [-0.15, -0.1) is 0 Å². The highest BCUT2D eigenvalue weighted by atomic mass is 16.5. The van der Waals surface area contributed by atoms with Gasteiger partial charge >= 0.3 is 0 Å². The maximum atomic E-state index is 11.8. The van der Waals surface area contributed by atoms with Gasteiger partial charge in [0, 0.05) is 33.9 Å². The van der Waals surface area contributed by atoms with Crippen molar-refractivity contribution in [3.63, 3.8) is 0 Å². The van der Waals surface area contributed by atoms with Gasteiger partial charge in [0.25, 0.3) is 0 Å². The summed E-state index contributed by atoms with van der Waals surface area (Å²) in [5.41, 5.74) is -0.517. The number of amides is 1. The van der Waals surface area contributed by atoms with Crippen LogP contribution in [0.2, 0.25) is 0 Å². The van der Waals surface area contributed by atoms with E-state index in [1.165, 1.54) is 0 Å². The van der Waals surface area contributed by atoms with Crippen LogP contribution in [0.4, 0.5) is 0 Å². The van der Waals surface area contributed by atoms with Crippen molar-refractivity contribution in [1.29, 1.82) is 0 Å². The van der Waals surface area contributed by atoms with Crippen LogP contribution in [0.15, 0.2) is 0 Å². The smallest absolute Gasteiger partial charge is 0.241 e. The highest BCUT2D eigenvalue weighted by Crippen LogP contribution is 2.08. The van der Waals surface area contributed by atoms with Crippen LogP contribution < -0.4 is 5.32 Å². The Hall–Kier alpha value is -0.610. The number of hydrogen-bond acceptors (Lipinski definition) is 3. The average Bonchev–Trinajstić information content (AvgIpc) is 2.12. The summed E-state index contributed by atoms with van der Waals surface area (Å²) in [7, 11) is 5.22. The minimum absolute atomic E-state index is 0.0896. The van der Waals surface area contributed by atoms with Crippen molar-refractivity contribution >= 4 is 5.91 Å². The number of ether oxygens (including phenoxy) is 1. The fourth-order valence-corrected chi connectivity index (χ4v) is 1.60. The molecule has 0 aliphatic carbocycles. The third-order valence-electron chi connectivity index (χ3n) is 2.30. The van der Waals surface area contributed by atoms with Crippen LogP contribution in [0.25, 0.3) is 0 Å². The minimum atomic E-state index is -0.517. The molecule has 0 aromatic heterocycles. The molecule has 0 radical (unpaired) electrons. The molecular formula is C11H24N2O2. The topological polar surface area (TPSA) is 41.6 Å². The number of methoxy groups -OCH3 is 1. The molecule has 1 atom stereocenters. The Kier molecular flexibility index (Phi) is 5.83. The Morgan fingerprint density at radius 2 is 2.00 bits per heavy atom. The second kappa shape index (κ2) is 6.08. The van der Waals surface area contributed by atoms with Crippen LogP contribution in [-0.2, 0) is 9.53 Å². The number of rotatable bonds is 6. The van der Waals surface area contributed by atoms with Gasteiger partial charge in [-0.05, 0) is 27.2 Å². The lowest BCUT2D eigenvalue weighted by atomic mass is 10.0. The van der Waals surface area contributed by atoms with Gasteiger partial charge in [-0.3, -0.25) is 4.79 Å². The number of likely N-dealkylation sites (N-methyl/N-ethyl adjacent to an activating group) is 1. The number of carbonyl (C=O) groups is 1. The summed E-state index contributed by atoms with van der Waals surface area (Å²) in [6.07, 6.45) is 0.903. The zero-order chi connectivity index (χ0) is 12.1. The second-order valence-electron chi connectivity index (χ2n) is 4.65. The summed E-state index contributed by atoms with van der Waals surface area (Å²) >= 11 is 0. The molecule has 0 saturated heterocycles. The monoisotopic (exact) mass is 216 g/mol. The fourth-order valence-electron chi connectivity index (χ4n) is 1.60. The molecule has 90 valence electrons. The van der Waals surface area contributed by atoms with Crippen molar-refractivity contribution in [3.8, 4) is 0 Å². The van der Waals surface area contributed by atoms with Crippen LogP contribution in [0, 0.1) is 0 Å². The van der Waals surface area contributed by atoms with Crippen molar-refractivity contribution in [3.05, 3.63) is 0 Å². The molecule has 0 heterocycles. The van der Waals surface area contributed by atoms with Crippen molar-refractivity contribution < 1.29 is 9.53 Å². The molecule has 4 heteroatoms. The summed E-state index contributed by atoms with van der Waals surface area (Å²) in [4.78, 5) is 13.4. The standard InChI is InChI=1S/C11H24N2O2/c1-9(7-8-15-6)12-11(2,3)10(14)13(4)5/h9,12H,7-8H2,1-6H3. The van der Waals surface area contributed by atoms with E-state index in [-0.39, 0.29) is 11.9 Å². The molecule has 15 heavy (non-hydrogen) atoms. The molecule has 0 saturated carbocycles. The van der Waals surface area contributed by atoms with Crippen molar-refractivity contribution in [2.75, 3.05) is 27.8 Å². The minimum Gasteiger partial charge on any atom is -0.385 e. The summed E-state index contributed by atoms with van der Waals surface area (Å²) in [5.74, 6) is 0.0896. The molecular weight excluding hydrogens is 192 g/mol. The first-order chi connectivity index (χ1) is 6.81. The number of nitrogens with one attached hydrogen (secondary N) is 1. The molecule has 0 aromatic rings. The van der Waals surface area contributed by atoms with Crippen LogP contribution in [0.1, 0.15) is 27.2 Å². The summed E-state index contributed by atoms with van der Waals surface area (Å²) in [6.45, 7) is 6.57. The van der Waals surface area contributed by atoms with Crippen molar-refractivity contribution in [2.45, 2.75) is 38.8 Å². The van der Waals surface area contributed by atoms with Gasteiger partial charge in [-0.2, -0.15) is 0 Å². The first-order valence-electron chi connectivity index (χ1n) is 5.29. The second-order valence-corrected chi connectivity index (χ2v) is 4.65. The predicted octanol–water partition coefficient (Wildman–Crippen LogP) is 0.868. The Balaban J connectivity index is 4.18. The van der Waals surface area contributed by atoms with E-state index in [0.29, 0.717) is 6.61 Å². The van der Waals surface area contributed by atoms with E-state index in [2.05, 4.69) is 12.2 Å². The first kappa shape index (κ1) is 14.4. The van der Waals surface area contributed by atoms with Gasteiger partial charge in [0.05, 0.1) is 5.54 Å². The Morgan fingerprint density at radius 1 is 1.47 bits per heavy atom. The number of nitrogens with zero attached hydrogens (tertiary/aromatic N) is 1. The zero-order valence-electron chi connectivity index (χ0n) is 10.8. The number of hydrogen-bond donors (Lipinski definition) is 1. The normalized spacial score (nSPS) is 13.7. The Morgan fingerprint density at radius 3 is 2.40 bits per heavy atom. The average molecular weight is 216 g/mol.